The average molecular weight is 413 g/mol. The van der Waals surface area contributed by atoms with E-state index in [4.69, 9.17) is 13.9 Å². The Morgan fingerprint density at radius 1 is 0.800 bits per heavy atom. The molecule has 0 saturated carbocycles. The second-order valence-electron chi connectivity index (χ2n) is 8.05. The van der Waals surface area contributed by atoms with Crippen LogP contribution in [0.2, 0.25) is 5.04 Å². The van der Waals surface area contributed by atoms with Gasteiger partial charge in [0.1, 0.15) is 0 Å². The molecule has 0 fully saturated rings. The molecule has 152 valence electrons. The van der Waals surface area contributed by atoms with Gasteiger partial charge in [-0.05, 0) is 15.4 Å². The summed E-state index contributed by atoms with van der Waals surface area (Å²) in [6, 6.07) is 28.3. The van der Waals surface area contributed by atoms with Gasteiger partial charge in [0.2, 0.25) is 0 Å². The summed E-state index contributed by atoms with van der Waals surface area (Å²) in [6.07, 6.45) is 0. The molecule has 3 rings (SSSR count). The molecule has 5 heteroatoms. The first-order chi connectivity index (χ1) is 13.9. The van der Waals surface area contributed by atoms with Gasteiger partial charge in [0.25, 0.3) is 8.32 Å². The van der Waals surface area contributed by atoms with Crippen molar-refractivity contribution in [2.75, 3.05) is 14.2 Å². The average Bonchev–Trinajstić information content (AvgIpc) is 2.74. The summed E-state index contributed by atoms with van der Waals surface area (Å²) >= 11 is 0. The molecule has 0 amide bonds. The Hall–Kier alpha value is -1.97. The summed E-state index contributed by atoms with van der Waals surface area (Å²) in [7, 11) is 0.699. The third-order valence-electron chi connectivity index (χ3n) is 5.24. The molecule has 0 aliphatic heterocycles. The number of benzene rings is 3. The smallest absolute Gasteiger partial charge is 0.551 e. The van der Waals surface area contributed by atoms with Crippen LogP contribution < -0.4 is 38.7 Å². The molecule has 0 atom stereocenters. The standard InChI is InChI=1S/C25H29O3Si.Li/c1-25(2,3)29(21-12-8-6-9-13-21,22-14-10-7-11-15-22)28-19-20-16-17-23(26-4)24(18-20)27-5;/h6-15,17-18H,19H2,1-5H3;/q-1;+1. The van der Waals surface area contributed by atoms with Gasteiger partial charge in [-0.1, -0.05) is 81.4 Å². The molecule has 0 spiro atoms. The summed E-state index contributed by atoms with van der Waals surface area (Å²) in [4.78, 5) is 0. The molecule has 0 aliphatic carbocycles. The van der Waals surface area contributed by atoms with E-state index in [2.05, 4.69) is 87.5 Å². The van der Waals surface area contributed by atoms with E-state index in [0.717, 1.165) is 5.56 Å². The predicted octanol–water partition coefficient (Wildman–Crippen LogP) is 1.58. The van der Waals surface area contributed by atoms with Crippen LogP contribution in [0.1, 0.15) is 26.3 Å². The number of hydrogen-bond acceptors (Lipinski definition) is 3. The summed E-state index contributed by atoms with van der Waals surface area (Å²) in [5.74, 6) is 1.36. The largest absolute Gasteiger partial charge is 1.00 e. The molecule has 0 unspecified atom stereocenters. The first-order valence-electron chi connectivity index (χ1n) is 9.80. The monoisotopic (exact) mass is 412 g/mol. The van der Waals surface area contributed by atoms with Gasteiger partial charge in [-0.3, -0.25) is 0 Å². The van der Waals surface area contributed by atoms with Crippen LogP contribution in [0.5, 0.6) is 11.5 Å². The van der Waals surface area contributed by atoms with Crippen molar-refractivity contribution in [2.45, 2.75) is 32.4 Å². The van der Waals surface area contributed by atoms with Crippen LogP contribution in [0.3, 0.4) is 0 Å². The molecule has 3 nitrogen and oxygen atoms in total. The zero-order valence-corrected chi connectivity index (χ0v) is 19.9. The number of methoxy groups -OCH3 is 2. The molecular weight excluding hydrogens is 383 g/mol. The van der Waals surface area contributed by atoms with Gasteiger partial charge in [0.15, 0.2) is 0 Å². The molecule has 0 aliphatic rings. The third kappa shape index (κ3) is 4.84. The van der Waals surface area contributed by atoms with Gasteiger partial charge < -0.3 is 13.9 Å². The Balaban J connectivity index is 0.00000320. The molecule has 0 bridgehead atoms. The summed E-state index contributed by atoms with van der Waals surface area (Å²) in [5, 5.41) is 2.46. The molecule has 0 radical (unpaired) electrons. The van der Waals surface area contributed by atoms with Gasteiger partial charge in [0, 0.05) is 12.4 Å². The maximum Gasteiger partial charge on any atom is 1.00 e. The van der Waals surface area contributed by atoms with Gasteiger partial charge in [-0.25, -0.2) is 0 Å². The van der Waals surface area contributed by atoms with E-state index >= 15 is 0 Å². The molecule has 0 N–H and O–H groups in total. The maximum atomic E-state index is 6.94. The Morgan fingerprint density at radius 2 is 1.30 bits per heavy atom. The fraction of sp³-hybridized carbons (Fsp3) is 0.280. The Kier molecular flexibility index (Phi) is 8.40. The predicted molar refractivity (Wildman–Crippen MR) is 121 cm³/mol. The van der Waals surface area contributed by atoms with Crippen molar-refractivity contribution in [1.82, 2.24) is 0 Å². The van der Waals surface area contributed by atoms with E-state index in [-0.39, 0.29) is 23.9 Å². The van der Waals surface area contributed by atoms with Crippen LogP contribution in [0.4, 0.5) is 0 Å². The van der Waals surface area contributed by atoms with E-state index in [1.165, 1.54) is 10.4 Å². The summed E-state index contributed by atoms with van der Waals surface area (Å²) < 4.78 is 17.7. The minimum atomic E-state index is -2.57. The molecule has 0 heterocycles. The van der Waals surface area contributed by atoms with E-state index in [1.807, 2.05) is 12.1 Å². The zero-order valence-electron chi connectivity index (χ0n) is 18.9. The second kappa shape index (κ2) is 10.4. The summed E-state index contributed by atoms with van der Waals surface area (Å²) in [6.45, 7) is 7.28. The van der Waals surface area contributed by atoms with Crippen molar-refractivity contribution in [2.24, 2.45) is 0 Å². The quantitative estimate of drug-likeness (QED) is 0.436. The van der Waals surface area contributed by atoms with Crippen molar-refractivity contribution < 1.29 is 32.8 Å². The molecule has 3 aromatic rings. The van der Waals surface area contributed by atoms with E-state index in [9.17, 15) is 0 Å². The summed E-state index contributed by atoms with van der Waals surface area (Å²) in [5.41, 5.74) is 0.940. The minimum absolute atomic E-state index is 0. The number of rotatable bonds is 7. The molecular formula is C25H29LiO3Si. The normalized spacial score (nSPS) is 11.5. The molecule has 0 saturated heterocycles. The van der Waals surface area contributed by atoms with Gasteiger partial charge in [-0.2, -0.15) is 6.07 Å². The van der Waals surface area contributed by atoms with Gasteiger partial charge >= 0.3 is 18.9 Å². The van der Waals surface area contributed by atoms with Crippen molar-refractivity contribution in [3.63, 3.8) is 0 Å². The van der Waals surface area contributed by atoms with Crippen LogP contribution in [-0.4, -0.2) is 22.5 Å². The Labute approximate surface area is 193 Å². The third-order valence-corrected chi connectivity index (χ3v) is 10.2. The van der Waals surface area contributed by atoms with E-state index < -0.39 is 8.32 Å². The minimum Gasteiger partial charge on any atom is -0.551 e. The molecule has 30 heavy (non-hydrogen) atoms. The Morgan fingerprint density at radius 3 is 1.73 bits per heavy atom. The van der Waals surface area contributed by atoms with Crippen molar-refractivity contribution in [1.29, 1.82) is 0 Å². The van der Waals surface area contributed by atoms with Crippen LogP contribution >= 0.6 is 0 Å². The van der Waals surface area contributed by atoms with Crippen LogP contribution in [0.25, 0.3) is 0 Å². The van der Waals surface area contributed by atoms with Gasteiger partial charge in [-0.15, -0.1) is 17.7 Å². The Bertz CT molecular complexity index is 885. The fourth-order valence-corrected chi connectivity index (χ4v) is 8.38. The van der Waals surface area contributed by atoms with Crippen LogP contribution in [0.15, 0.2) is 72.8 Å². The second-order valence-corrected chi connectivity index (χ2v) is 12.4. The first kappa shape index (κ1) is 24.3. The van der Waals surface area contributed by atoms with Crippen molar-refractivity contribution in [3.8, 4) is 11.5 Å². The van der Waals surface area contributed by atoms with Crippen LogP contribution in [0, 0.1) is 6.07 Å². The molecule has 3 aromatic carbocycles. The van der Waals surface area contributed by atoms with E-state index in [0.29, 0.717) is 18.1 Å². The van der Waals surface area contributed by atoms with Crippen LogP contribution in [-0.2, 0) is 11.0 Å². The SMILES string of the molecule is COc1c[c-]c(CO[Si](c2ccccc2)(c2ccccc2)C(C)(C)C)cc1OC.[Li+]. The topological polar surface area (TPSA) is 27.7 Å². The number of hydrogen-bond donors (Lipinski definition) is 0. The molecule has 0 aromatic heterocycles. The first-order valence-corrected chi connectivity index (χ1v) is 11.7. The maximum absolute atomic E-state index is 6.94. The van der Waals surface area contributed by atoms with Crippen molar-refractivity contribution >= 4 is 18.7 Å². The van der Waals surface area contributed by atoms with Gasteiger partial charge in [0.05, 0.1) is 20.0 Å². The van der Waals surface area contributed by atoms with Crippen molar-refractivity contribution in [3.05, 3.63) is 84.4 Å². The zero-order chi connectivity index (χ0) is 20.9. The fourth-order valence-electron chi connectivity index (χ4n) is 3.85. The number of ether oxygens (including phenoxy) is 2. The van der Waals surface area contributed by atoms with E-state index in [1.54, 1.807) is 14.2 Å².